The van der Waals surface area contributed by atoms with E-state index in [1.54, 1.807) is 7.11 Å². The van der Waals surface area contributed by atoms with Gasteiger partial charge in [0.25, 0.3) is 0 Å². The van der Waals surface area contributed by atoms with E-state index in [1.807, 2.05) is 0 Å². The van der Waals surface area contributed by atoms with Gasteiger partial charge in [-0.25, -0.2) is 0 Å². The Morgan fingerprint density at radius 2 is 2.07 bits per heavy atom. The molecule has 3 heteroatoms. The molecule has 0 saturated heterocycles. The molecule has 0 aromatic rings. The lowest BCUT2D eigenvalue weighted by Crippen LogP contribution is -2.32. The van der Waals surface area contributed by atoms with Crippen LogP contribution in [0.15, 0.2) is 0 Å². The van der Waals surface area contributed by atoms with Gasteiger partial charge in [0.2, 0.25) is 0 Å². The lowest BCUT2D eigenvalue weighted by Gasteiger charge is -2.18. The summed E-state index contributed by atoms with van der Waals surface area (Å²) in [6, 6.07) is 0.502. The third kappa shape index (κ3) is 7.30. The second-order valence-electron chi connectivity index (χ2n) is 3.88. The molecule has 0 bridgehead atoms. The van der Waals surface area contributed by atoms with Gasteiger partial charge in [0, 0.05) is 26.4 Å². The second kappa shape index (κ2) is 9.44. The zero-order valence-corrected chi connectivity index (χ0v) is 9.75. The van der Waals surface area contributed by atoms with E-state index >= 15 is 0 Å². The quantitative estimate of drug-likeness (QED) is 0.595. The molecule has 0 amide bonds. The SMILES string of the molecule is CCC(CCO)CNC(C)CCOC. The van der Waals surface area contributed by atoms with Gasteiger partial charge < -0.3 is 15.2 Å². The highest BCUT2D eigenvalue weighted by atomic mass is 16.5. The smallest absolute Gasteiger partial charge is 0.0476 e. The lowest BCUT2D eigenvalue weighted by molar-refractivity contribution is 0.182. The molecule has 0 fully saturated rings. The maximum Gasteiger partial charge on any atom is 0.0476 e. The Hall–Kier alpha value is -0.120. The predicted molar refractivity (Wildman–Crippen MR) is 59.4 cm³/mol. The van der Waals surface area contributed by atoms with E-state index in [1.165, 1.54) is 0 Å². The van der Waals surface area contributed by atoms with Crippen LogP contribution in [0.5, 0.6) is 0 Å². The third-order valence-electron chi connectivity index (χ3n) is 2.62. The molecule has 0 spiro atoms. The van der Waals surface area contributed by atoms with E-state index in [0.29, 0.717) is 18.6 Å². The molecule has 2 N–H and O–H groups in total. The molecule has 0 heterocycles. The van der Waals surface area contributed by atoms with Gasteiger partial charge in [0.1, 0.15) is 0 Å². The number of ether oxygens (including phenoxy) is 1. The second-order valence-corrected chi connectivity index (χ2v) is 3.88. The fraction of sp³-hybridized carbons (Fsp3) is 1.00. The molecule has 14 heavy (non-hydrogen) atoms. The van der Waals surface area contributed by atoms with E-state index in [4.69, 9.17) is 9.84 Å². The van der Waals surface area contributed by atoms with Crippen LogP contribution < -0.4 is 5.32 Å². The Balaban J connectivity index is 3.46. The summed E-state index contributed by atoms with van der Waals surface area (Å²) in [4.78, 5) is 0. The van der Waals surface area contributed by atoms with Crippen LogP contribution >= 0.6 is 0 Å². The third-order valence-corrected chi connectivity index (χ3v) is 2.62. The van der Waals surface area contributed by atoms with Crippen LogP contribution in [0.3, 0.4) is 0 Å². The van der Waals surface area contributed by atoms with E-state index in [9.17, 15) is 0 Å². The first-order valence-electron chi connectivity index (χ1n) is 5.57. The van der Waals surface area contributed by atoms with Gasteiger partial charge in [-0.2, -0.15) is 0 Å². The maximum atomic E-state index is 8.83. The topological polar surface area (TPSA) is 41.5 Å². The van der Waals surface area contributed by atoms with Gasteiger partial charge in [-0.3, -0.25) is 0 Å². The highest BCUT2D eigenvalue weighted by Gasteiger charge is 2.07. The fourth-order valence-corrected chi connectivity index (χ4v) is 1.40. The maximum absolute atomic E-state index is 8.83. The summed E-state index contributed by atoms with van der Waals surface area (Å²) in [5, 5.41) is 12.3. The predicted octanol–water partition coefficient (Wildman–Crippen LogP) is 1.41. The average molecular weight is 203 g/mol. The minimum atomic E-state index is 0.298. The highest BCUT2D eigenvalue weighted by molar-refractivity contribution is 4.65. The zero-order valence-electron chi connectivity index (χ0n) is 9.75. The molecule has 2 unspecified atom stereocenters. The molecule has 0 aliphatic heterocycles. The molecular weight excluding hydrogens is 178 g/mol. The summed E-state index contributed by atoms with van der Waals surface area (Å²) in [5.74, 6) is 0.602. The van der Waals surface area contributed by atoms with Crippen LogP contribution in [-0.2, 0) is 4.74 Å². The molecule has 0 aromatic heterocycles. The normalized spacial score (nSPS) is 15.4. The average Bonchev–Trinajstić information content (AvgIpc) is 2.21. The summed E-state index contributed by atoms with van der Waals surface area (Å²) < 4.78 is 5.01. The number of methoxy groups -OCH3 is 1. The van der Waals surface area contributed by atoms with Crippen molar-refractivity contribution in [3.05, 3.63) is 0 Å². The van der Waals surface area contributed by atoms with Crippen LogP contribution in [-0.4, -0.2) is 38.0 Å². The van der Waals surface area contributed by atoms with Crippen molar-refractivity contribution in [1.82, 2.24) is 5.32 Å². The molecule has 3 nitrogen and oxygen atoms in total. The highest BCUT2D eigenvalue weighted by Crippen LogP contribution is 2.06. The van der Waals surface area contributed by atoms with Crippen molar-refractivity contribution in [2.45, 2.75) is 39.2 Å². The van der Waals surface area contributed by atoms with Gasteiger partial charge in [0.05, 0.1) is 0 Å². The number of nitrogens with one attached hydrogen (secondary N) is 1. The largest absolute Gasteiger partial charge is 0.396 e. The Bertz CT molecular complexity index is 120. The number of aliphatic hydroxyl groups is 1. The van der Waals surface area contributed by atoms with Gasteiger partial charge in [0.15, 0.2) is 0 Å². The Kier molecular flexibility index (Phi) is 9.35. The van der Waals surface area contributed by atoms with Crippen molar-refractivity contribution < 1.29 is 9.84 Å². The number of hydrogen-bond acceptors (Lipinski definition) is 3. The molecule has 2 atom stereocenters. The minimum absolute atomic E-state index is 0.298. The van der Waals surface area contributed by atoms with Crippen molar-refractivity contribution in [3.63, 3.8) is 0 Å². The molecule has 86 valence electrons. The van der Waals surface area contributed by atoms with Gasteiger partial charge in [-0.05, 0) is 32.2 Å². The fourth-order valence-electron chi connectivity index (χ4n) is 1.40. The van der Waals surface area contributed by atoms with Crippen LogP contribution in [0.2, 0.25) is 0 Å². The number of hydrogen-bond donors (Lipinski definition) is 2. The molecule has 0 radical (unpaired) electrons. The Morgan fingerprint density at radius 1 is 1.36 bits per heavy atom. The first kappa shape index (κ1) is 13.9. The van der Waals surface area contributed by atoms with Crippen LogP contribution in [0.25, 0.3) is 0 Å². The monoisotopic (exact) mass is 203 g/mol. The lowest BCUT2D eigenvalue weighted by atomic mass is 10.0. The molecule has 0 rings (SSSR count). The zero-order chi connectivity index (χ0) is 10.8. The van der Waals surface area contributed by atoms with Crippen molar-refractivity contribution in [2.24, 2.45) is 5.92 Å². The van der Waals surface area contributed by atoms with Crippen molar-refractivity contribution in [1.29, 1.82) is 0 Å². The number of aliphatic hydroxyl groups excluding tert-OH is 1. The summed E-state index contributed by atoms with van der Waals surface area (Å²) in [6.07, 6.45) is 3.08. The molecule has 0 saturated carbocycles. The van der Waals surface area contributed by atoms with Crippen molar-refractivity contribution in [2.75, 3.05) is 26.9 Å². The van der Waals surface area contributed by atoms with Gasteiger partial charge in [-0.1, -0.05) is 13.3 Å². The van der Waals surface area contributed by atoms with E-state index in [0.717, 1.165) is 32.4 Å². The molecular formula is C11H25NO2. The molecule has 0 aliphatic carbocycles. The Labute approximate surface area is 87.8 Å². The van der Waals surface area contributed by atoms with E-state index in [2.05, 4.69) is 19.2 Å². The summed E-state index contributed by atoms with van der Waals surface area (Å²) in [6.45, 7) is 6.45. The Morgan fingerprint density at radius 3 is 2.57 bits per heavy atom. The molecule has 0 aromatic carbocycles. The minimum Gasteiger partial charge on any atom is -0.396 e. The van der Waals surface area contributed by atoms with Crippen molar-refractivity contribution in [3.8, 4) is 0 Å². The van der Waals surface area contributed by atoms with Crippen molar-refractivity contribution >= 4 is 0 Å². The van der Waals surface area contributed by atoms with Gasteiger partial charge >= 0.3 is 0 Å². The number of rotatable bonds is 9. The van der Waals surface area contributed by atoms with Crippen LogP contribution in [0.4, 0.5) is 0 Å². The summed E-state index contributed by atoms with van der Waals surface area (Å²) >= 11 is 0. The standard InChI is InChI=1S/C11H25NO2/c1-4-11(5-7-13)9-12-10(2)6-8-14-3/h10-13H,4-9H2,1-3H3. The summed E-state index contributed by atoms with van der Waals surface area (Å²) in [7, 11) is 1.73. The first-order valence-corrected chi connectivity index (χ1v) is 5.57. The first-order chi connectivity index (χ1) is 6.74. The summed E-state index contributed by atoms with van der Waals surface area (Å²) in [5.41, 5.74) is 0. The molecule has 0 aliphatic rings. The van der Waals surface area contributed by atoms with Gasteiger partial charge in [-0.15, -0.1) is 0 Å². The van der Waals surface area contributed by atoms with Crippen LogP contribution in [0.1, 0.15) is 33.1 Å². The van der Waals surface area contributed by atoms with E-state index < -0.39 is 0 Å². The van der Waals surface area contributed by atoms with E-state index in [-0.39, 0.29) is 0 Å². The van der Waals surface area contributed by atoms with Crippen LogP contribution in [0, 0.1) is 5.92 Å².